The van der Waals surface area contributed by atoms with Crippen LogP contribution in [-0.4, -0.2) is 193 Å². The molecule has 3 aliphatic heterocycles. The second-order valence-corrected chi connectivity index (χ2v) is 32.0. The number of amides is 1. The lowest BCUT2D eigenvalue weighted by Gasteiger charge is -2.48. The fourth-order valence-electron chi connectivity index (χ4n) is 15.0. The van der Waals surface area contributed by atoms with Crippen LogP contribution in [0.2, 0.25) is 0 Å². The summed E-state index contributed by atoms with van der Waals surface area (Å²) < 4.78 is 34.5. The molecule has 3 heterocycles. The summed E-state index contributed by atoms with van der Waals surface area (Å²) in [5, 5.41) is 121. The highest BCUT2D eigenvalue weighted by molar-refractivity contribution is 5.76. The average molecular weight is 1570 g/mol. The van der Waals surface area contributed by atoms with E-state index >= 15 is 0 Å². The number of hydrogen-bond donors (Lipinski definition) is 12. The number of carbonyl (C=O) groups is 1. The smallest absolute Gasteiger partial charge is 0.220 e. The first kappa shape index (κ1) is 102. The zero-order valence-electron chi connectivity index (χ0n) is 69.7. The topological polar surface area (TPSA) is 307 Å². The summed E-state index contributed by atoms with van der Waals surface area (Å²) in [4.78, 5) is 13.5. The quantitative estimate of drug-likeness (QED) is 0.0199. The molecule has 1 amide bonds. The minimum absolute atomic E-state index is 0.236. The Hall–Kier alpha value is -3.03. The SMILES string of the molecule is CC/C=C\C/C=C\C/C=C\C/C=C\C/C=C\CCCCCCCCCCCCCCCCCCCCCCCCCC(=O)NC(COC1OC(CO)C(OC2OC(CO)C(OC3OC(CO)C(O)C(O)C3O)C(O)C2O)C(O)C1O)C(O)/C=C/CC/C=C/CCCCCCCCCCCCCCCCCCCCCCC. The van der Waals surface area contributed by atoms with Crippen LogP contribution in [-0.2, 0) is 33.2 Å². The maximum atomic E-state index is 13.5. The van der Waals surface area contributed by atoms with Crippen molar-refractivity contribution in [2.24, 2.45) is 0 Å². The van der Waals surface area contributed by atoms with Crippen molar-refractivity contribution in [3.8, 4) is 0 Å². The number of aliphatic hydroxyl groups excluding tert-OH is 11. The molecule has 0 radical (unpaired) electrons. The van der Waals surface area contributed by atoms with Gasteiger partial charge in [0.15, 0.2) is 18.9 Å². The van der Waals surface area contributed by atoms with Crippen molar-refractivity contribution < 1.29 is 89.4 Å². The number of nitrogens with one attached hydrogen (secondary N) is 1. The first-order chi connectivity index (χ1) is 54.3. The standard InChI is InChI=1S/C92H165NO18/c1-3-5-7-9-11-13-15-17-19-21-23-25-27-29-31-32-33-34-35-36-37-38-39-40-41-42-44-46-48-50-52-54-56-58-60-62-64-66-68-70-80(98)93-75(76(97)69-67-65-63-61-59-57-55-53-51-49-47-45-43-30-28-26-24-22-20-18-16-14-12-10-8-6-4-2)74-106-90-86(104)83(101)88(78(72-95)108-90)111-92-87(105)84(102)89(79(73-96)109-92)110-91-85(103)82(100)81(99)77(71-94)107-91/h5,7,11,13,17,19,23,25,29,31,59,61,67,69,75-79,81-92,94-97,99-105H,3-4,6,8-10,12,14-16,18,20-22,24,26-28,30,32-58,60,62-66,68,70-74H2,1-2H3,(H,93,98)/b7-5-,13-11-,19-17-,25-23-,31-29-,61-59+,69-67+. The fraction of sp³-hybridized carbons (Fsp3) is 0.837. The number of carbonyl (C=O) groups excluding carboxylic acids is 1. The molecule has 0 aromatic rings. The van der Waals surface area contributed by atoms with Crippen molar-refractivity contribution in [2.45, 2.75) is 465 Å². The average Bonchev–Trinajstić information content (AvgIpc) is 0.780. The Bertz CT molecular complexity index is 2330. The van der Waals surface area contributed by atoms with E-state index in [-0.39, 0.29) is 18.9 Å². The van der Waals surface area contributed by atoms with Crippen LogP contribution in [0.5, 0.6) is 0 Å². The van der Waals surface area contributed by atoms with Crippen molar-refractivity contribution in [3.63, 3.8) is 0 Å². The van der Waals surface area contributed by atoms with Gasteiger partial charge >= 0.3 is 0 Å². The van der Waals surface area contributed by atoms with E-state index in [9.17, 15) is 61.0 Å². The Morgan fingerprint density at radius 3 is 1.01 bits per heavy atom. The van der Waals surface area contributed by atoms with E-state index in [4.69, 9.17) is 28.4 Å². The molecule has 0 spiro atoms. The second-order valence-electron chi connectivity index (χ2n) is 32.0. The Kier molecular flexibility index (Phi) is 65.4. The first-order valence-corrected chi connectivity index (χ1v) is 45.3. The van der Waals surface area contributed by atoms with Crippen molar-refractivity contribution >= 4 is 5.91 Å². The van der Waals surface area contributed by atoms with E-state index in [1.165, 1.54) is 257 Å². The lowest BCUT2D eigenvalue weighted by molar-refractivity contribution is -0.379. The zero-order valence-corrected chi connectivity index (χ0v) is 69.7. The predicted octanol–water partition coefficient (Wildman–Crippen LogP) is 17.3. The van der Waals surface area contributed by atoms with Crippen LogP contribution in [0.1, 0.15) is 361 Å². The lowest BCUT2D eigenvalue weighted by Crippen LogP contribution is -2.66. The molecule has 0 aliphatic carbocycles. The summed E-state index contributed by atoms with van der Waals surface area (Å²) in [6.45, 7) is 1.65. The van der Waals surface area contributed by atoms with Crippen molar-refractivity contribution in [1.29, 1.82) is 0 Å². The minimum Gasteiger partial charge on any atom is -0.394 e. The molecule has 3 saturated heterocycles. The van der Waals surface area contributed by atoms with E-state index in [1.54, 1.807) is 6.08 Å². The molecule has 19 heteroatoms. The van der Waals surface area contributed by atoms with Crippen molar-refractivity contribution in [1.82, 2.24) is 5.32 Å². The van der Waals surface area contributed by atoms with Gasteiger partial charge in [0, 0.05) is 6.42 Å². The zero-order chi connectivity index (χ0) is 80.3. The number of hydrogen-bond acceptors (Lipinski definition) is 18. The molecule has 3 fully saturated rings. The highest BCUT2D eigenvalue weighted by Crippen LogP contribution is 2.34. The molecule has 0 bridgehead atoms. The van der Waals surface area contributed by atoms with Gasteiger partial charge in [0.2, 0.25) is 5.91 Å². The number of rotatable bonds is 73. The molecule has 646 valence electrons. The normalized spacial score (nSPS) is 25.4. The molecule has 0 saturated carbocycles. The highest BCUT2D eigenvalue weighted by atomic mass is 16.8. The number of aliphatic hydroxyl groups is 11. The molecule has 0 aromatic carbocycles. The third-order valence-electron chi connectivity index (χ3n) is 22.2. The summed E-state index contributed by atoms with van der Waals surface area (Å²) in [5.41, 5.74) is 0. The van der Waals surface area contributed by atoms with Gasteiger partial charge in [-0.05, 0) is 77.0 Å². The van der Waals surface area contributed by atoms with E-state index in [1.807, 2.05) is 6.08 Å². The van der Waals surface area contributed by atoms with Crippen LogP contribution in [0.4, 0.5) is 0 Å². The third-order valence-corrected chi connectivity index (χ3v) is 22.2. The van der Waals surface area contributed by atoms with Crippen LogP contribution in [0.15, 0.2) is 85.1 Å². The van der Waals surface area contributed by atoms with Gasteiger partial charge in [0.05, 0.1) is 38.6 Å². The predicted molar refractivity (Wildman–Crippen MR) is 448 cm³/mol. The third kappa shape index (κ3) is 49.7. The van der Waals surface area contributed by atoms with Crippen molar-refractivity contribution in [2.75, 3.05) is 26.4 Å². The van der Waals surface area contributed by atoms with Crippen LogP contribution >= 0.6 is 0 Å². The van der Waals surface area contributed by atoms with Gasteiger partial charge in [-0.1, -0.05) is 362 Å². The van der Waals surface area contributed by atoms with Crippen LogP contribution in [0.3, 0.4) is 0 Å². The molecule has 111 heavy (non-hydrogen) atoms. The number of ether oxygens (including phenoxy) is 6. The number of allylic oxidation sites excluding steroid dienone is 13. The largest absolute Gasteiger partial charge is 0.394 e. The lowest BCUT2D eigenvalue weighted by atomic mass is 9.96. The van der Waals surface area contributed by atoms with E-state index in [0.717, 1.165) is 70.6 Å². The second kappa shape index (κ2) is 71.1. The first-order valence-electron chi connectivity index (χ1n) is 45.3. The fourth-order valence-corrected chi connectivity index (χ4v) is 15.0. The maximum Gasteiger partial charge on any atom is 0.220 e. The molecular formula is C92H165NO18. The van der Waals surface area contributed by atoms with E-state index in [0.29, 0.717) is 12.8 Å². The van der Waals surface area contributed by atoms with E-state index < -0.39 is 124 Å². The van der Waals surface area contributed by atoms with Gasteiger partial charge in [-0.3, -0.25) is 4.79 Å². The molecule has 3 rings (SSSR count). The highest BCUT2D eigenvalue weighted by Gasteiger charge is 2.54. The van der Waals surface area contributed by atoms with Gasteiger partial charge < -0.3 is 89.9 Å². The van der Waals surface area contributed by atoms with Crippen molar-refractivity contribution in [3.05, 3.63) is 85.1 Å². The Labute approximate surface area is 673 Å². The molecular weight excluding hydrogens is 1410 g/mol. The summed E-state index contributed by atoms with van der Waals surface area (Å²) >= 11 is 0. The molecule has 17 atom stereocenters. The maximum absolute atomic E-state index is 13.5. The van der Waals surface area contributed by atoms with Crippen LogP contribution in [0.25, 0.3) is 0 Å². The summed E-state index contributed by atoms with van der Waals surface area (Å²) in [6, 6.07) is -0.994. The van der Waals surface area contributed by atoms with Crippen LogP contribution < -0.4 is 5.32 Å². The summed E-state index contributed by atoms with van der Waals surface area (Å²) in [7, 11) is 0. The molecule has 3 aliphatic rings. The van der Waals surface area contributed by atoms with Gasteiger partial charge in [0.25, 0.3) is 0 Å². The van der Waals surface area contributed by atoms with Gasteiger partial charge in [-0.2, -0.15) is 0 Å². The monoisotopic (exact) mass is 1570 g/mol. The Balaban J connectivity index is 1.32. The minimum atomic E-state index is -1.98. The molecule has 19 nitrogen and oxygen atoms in total. The summed E-state index contributed by atoms with van der Waals surface area (Å²) in [6.07, 6.45) is 70.3. The molecule has 17 unspecified atom stereocenters. The van der Waals surface area contributed by atoms with Gasteiger partial charge in [0.1, 0.15) is 73.2 Å². The van der Waals surface area contributed by atoms with Gasteiger partial charge in [-0.25, -0.2) is 0 Å². The molecule has 12 N–H and O–H groups in total. The van der Waals surface area contributed by atoms with E-state index in [2.05, 4.69) is 92.1 Å². The Morgan fingerprint density at radius 2 is 0.631 bits per heavy atom. The molecule has 0 aromatic heterocycles. The summed E-state index contributed by atoms with van der Waals surface area (Å²) in [5.74, 6) is -0.280. The van der Waals surface area contributed by atoms with Gasteiger partial charge in [-0.15, -0.1) is 0 Å². The van der Waals surface area contributed by atoms with Crippen LogP contribution in [0, 0.1) is 0 Å². The number of unbranched alkanes of at least 4 members (excludes halogenated alkanes) is 45. The Morgan fingerprint density at radius 1 is 0.333 bits per heavy atom.